The predicted octanol–water partition coefficient (Wildman–Crippen LogP) is 3.12. The Morgan fingerprint density at radius 3 is 2.14 bits per heavy atom. The third-order valence-corrected chi connectivity index (χ3v) is 2.91. The first kappa shape index (κ1) is 11.3. The molecule has 0 aromatic heterocycles. The van der Waals surface area contributed by atoms with Gasteiger partial charge in [-0.05, 0) is 24.0 Å². The number of aliphatic hydroxyl groups is 1. The van der Waals surface area contributed by atoms with Crippen LogP contribution in [-0.2, 0) is 6.42 Å². The summed E-state index contributed by atoms with van der Waals surface area (Å²) in [4.78, 5) is 0. The highest BCUT2D eigenvalue weighted by molar-refractivity contribution is 5.25. The first-order valence-electron chi connectivity index (χ1n) is 5.45. The van der Waals surface area contributed by atoms with Gasteiger partial charge in [-0.1, -0.05) is 45.0 Å². The fourth-order valence-electron chi connectivity index (χ4n) is 1.63. The fourth-order valence-corrected chi connectivity index (χ4v) is 1.63. The molecule has 1 N–H and O–H groups in total. The Morgan fingerprint density at radius 1 is 1.14 bits per heavy atom. The van der Waals surface area contributed by atoms with Crippen molar-refractivity contribution in [1.29, 1.82) is 0 Å². The Hall–Kier alpha value is -0.820. The van der Waals surface area contributed by atoms with E-state index in [0.29, 0.717) is 0 Å². The monoisotopic (exact) mass is 192 g/mol. The van der Waals surface area contributed by atoms with E-state index >= 15 is 0 Å². The molecule has 0 saturated heterocycles. The predicted molar refractivity (Wildman–Crippen MR) is 60.5 cm³/mol. The molecule has 0 heterocycles. The maximum absolute atomic E-state index is 9.71. The smallest absolute Gasteiger partial charge is 0.0603 e. The molecule has 2 atom stereocenters. The van der Waals surface area contributed by atoms with Crippen LogP contribution in [0.15, 0.2) is 24.3 Å². The van der Waals surface area contributed by atoms with E-state index < -0.39 is 0 Å². The summed E-state index contributed by atoms with van der Waals surface area (Å²) in [6.45, 7) is 6.25. The second-order valence-corrected chi connectivity index (χ2v) is 3.86. The minimum absolute atomic E-state index is 0.220. The molecule has 0 aliphatic rings. The largest absolute Gasteiger partial charge is 0.393 e. The van der Waals surface area contributed by atoms with Crippen molar-refractivity contribution < 1.29 is 5.11 Å². The molecule has 0 spiro atoms. The zero-order chi connectivity index (χ0) is 10.6. The quantitative estimate of drug-likeness (QED) is 0.777. The molecule has 1 rings (SSSR count). The van der Waals surface area contributed by atoms with Crippen LogP contribution < -0.4 is 0 Å². The Kier molecular flexibility index (Phi) is 4.15. The lowest BCUT2D eigenvalue weighted by Gasteiger charge is -2.17. The molecule has 2 unspecified atom stereocenters. The standard InChI is InChI=1S/C13H20O/c1-4-11-6-8-12(9-7-11)10(3)13(14)5-2/h6-10,13-14H,4-5H2,1-3H3. The minimum Gasteiger partial charge on any atom is -0.393 e. The highest BCUT2D eigenvalue weighted by Gasteiger charge is 2.13. The average Bonchev–Trinajstić information content (AvgIpc) is 2.27. The van der Waals surface area contributed by atoms with Gasteiger partial charge in [-0.3, -0.25) is 0 Å². The zero-order valence-corrected chi connectivity index (χ0v) is 9.33. The Morgan fingerprint density at radius 2 is 1.71 bits per heavy atom. The number of hydrogen-bond acceptors (Lipinski definition) is 1. The average molecular weight is 192 g/mol. The van der Waals surface area contributed by atoms with Crippen LogP contribution in [-0.4, -0.2) is 11.2 Å². The summed E-state index contributed by atoms with van der Waals surface area (Å²) < 4.78 is 0. The molecule has 0 radical (unpaired) electrons. The lowest BCUT2D eigenvalue weighted by Crippen LogP contribution is -2.14. The van der Waals surface area contributed by atoms with Gasteiger partial charge in [0.2, 0.25) is 0 Å². The molecule has 0 saturated carbocycles. The summed E-state index contributed by atoms with van der Waals surface area (Å²) >= 11 is 0. The van der Waals surface area contributed by atoms with Crippen LogP contribution >= 0.6 is 0 Å². The van der Waals surface area contributed by atoms with Gasteiger partial charge in [-0.15, -0.1) is 0 Å². The number of aryl methyl sites for hydroxylation is 1. The molecule has 0 aliphatic carbocycles. The van der Waals surface area contributed by atoms with Gasteiger partial charge >= 0.3 is 0 Å². The van der Waals surface area contributed by atoms with Gasteiger partial charge in [-0.25, -0.2) is 0 Å². The van der Waals surface area contributed by atoms with E-state index in [1.807, 2.05) is 6.92 Å². The lowest BCUT2D eigenvalue weighted by atomic mass is 9.93. The molecule has 0 fully saturated rings. The molecule has 0 amide bonds. The molecule has 0 bridgehead atoms. The fraction of sp³-hybridized carbons (Fsp3) is 0.538. The van der Waals surface area contributed by atoms with Crippen LogP contribution in [0.4, 0.5) is 0 Å². The number of aliphatic hydroxyl groups excluding tert-OH is 1. The molecule has 14 heavy (non-hydrogen) atoms. The van der Waals surface area contributed by atoms with Crippen molar-refractivity contribution in [2.24, 2.45) is 0 Å². The van der Waals surface area contributed by atoms with E-state index in [2.05, 4.69) is 38.1 Å². The Balaban J connectivity index is 2.75. The minimum atomic E-state index is -0.220. The van der Waals surface area contributed by atoms with Crippen LogP contribution in [0.1, 0.15) is 44.2 Å². The molecule has 1 heteroatoms. The first-order chi connectivity index (χ1) is 6.69. The van der Waals surface area contributed by atoms with E-state index in [4.69, 9.17) is 0 Å². The summed E-state index contributed by atoms with van der Waals surface area (Å²) in [5.74, 6) is 0.242. The number of rotatable bonds is 4. The Labute approximate surface area is 86.8 Å². The highest BCUT2D eigenvalue weighted by Crippen LogP contribution is 2.21. The van der Waals surface area contributed by atoms with Gasteiger partial charge in [0.15, 0.2) is 0 Å². The molecule has 78 valence electrons. The zero-order valence-electron chi connectivity index (χ0n) is 9.33. The van der Waals surface area contributed by atoms with Crippen molar-refractivity contribution in [3.8, 4) is 0 Å². The van der Waals surface area contributed by atoms with E-state index in [1.165, 1.54) is 11.1 Å². The van der Waals surface area contributed by atoms with Gasteiger partial charge in [0.1, 0.15) is 0 Å². The van der Waals surface area contributed by atoms with Crippen molar-refractivity contribution in [2.45, 2.75) is 45.6 Å². The topological polar surface area (TPSA) is 20.2 Å². The van der Waals surface area contributed by atoms with Gasteiger partial charge < -0.3 is 5.11 Å². The molecule has 1 aromatic rings. The van der Waals surface area contributed by atoms with Crippen molar-refractivity contribution >= 4 is 0 Å². The van der Waals surface area contributed by atoms with Crippen molar-refractivity contribution in [2.75, 3.05) is 0 Å². The van der Waals surface area contributed by atoms with Crippen LogP contribution in [0.5, 0.6) is 0 Å². The van der Waals surface area contributed by atoms with Crippen molar-refractivity contribution in [3.05, 3.63) is 35.4 Å². The maximum atomic E-state index is 9.71. The SMILES string of the molecule is CCc1ccc(C(C)C(O)CC)cc1. The number of benzene rings is 1. The summed E-state index contributed by atoms with van der Waals surface area (Å²) in [6, 6.07) is 8.55. The highest BCUT2D eigenvalue weighted by atomic mass is 16.3. The summed E-state index contributed by atoms with van der Waals surface area (Å²) in [6.07, 6.45) is 1.67. The van der Waals surface area contributed by atoms with E-state index in [0.717, 1.165) is 12.8 Å². The second kappa shape index (κ2) is 5.16. The summed E-state index contributed by atoms with van der Waals surface area (Å²) in [5.41, 5.74) is 2.59. The second-order valence-electron chi connectivity index (χ2n) is 3.86. The van der Waals surface area contributed by atoms with Crippen LogP contribution in [0.2, 0.25) is 0 Å². The van der Waals surface area contributed by atoms with Crippen LogP contribution in [0.25, 0.3) is 0 Å². The third kappa shape index (κ3) is 2.58. The van der Waals surface area contributed by atoms with E-state index in [-0.39, 0.29) is 12.0 Å². The molecule has 1 nitrogen and oxygen atoms in total. The lowest BCUT2D eigenvalue weighted by molar-refractivity contribution is 0.145. The molecule has 0 aliphatic heterocycles. The van der Waals surface area contributed by atoms with Crippen molar-refractivity contribution in [3.63, 3.8) is 0 Å². The normalized spacial score (nSPS) is 15.1. The van der Waals surface area contributed by atoms with Crippen LogP contribution in [0, 0.1) is 0 Å². The van der Waals surface area contributed by atoms with E-state index in [9.17, 15) is 5.11 Å². The molecule has 1 aromatic carbocycles. The molecular formula is C13H20O. The maximum Gasteiger partial charge on any atom is 0.0603 e. The first-order valence-corrected chi connectivity index (χ1v) is 5.45. The van der Waals surface area contributed by atoms with E-state index in [1.54, 1.807) is 0 Å². The molecular weight excluding hydrogens is 172 g/mol. The van der Waals surface area contributed by atoms with Gasteiger partial charge in [0, 0.05) is 5.92 Å². The summed E-state index contributed by atoms with van der Waals surface area (Å²) in [5, 5.41) is 9.71. The van der Waals surface area contributed by atoms with Gasteiger partial charge in [-0.2, -0.15) is 0 Å². The third-order valence-electron chi connectivity index (χ3n) is 2.91. The summed E-state index contributed by atoms with van der Waals surface area (Å²) in [7, 11) is 0. The van der Waals surface area contributed by atoms with Crippen LogP contribution in [0.3, 0.4) is 0 Å². The number of hydrogen-bond donors (Lipinski definition) is 1. The van der Waals surface area contributed by atoms with Gasteiger partial charge in [0.05, 0.1) is 6.10 Å². The Bertz CT molecular complexity index is 263. The van der Waals surface area contributed by atoms with Gasteiger partial charge in [0.25, 0.3) is 0 Å². The van der Waals surface area contributed by atoms with Crippen molar-refractivity contribution in [1.82, 2.24) is 0 Å².